The van der Waals surface area contributed by atoms with Crippen molar-refractivity contribution in [1.29, 1.82) is 0 Å². The standard InChI is InChI=1S/C17H14ClFN2O/c1-10-3-2-4-14(18)13(10)9-20-17(22)16-8-11-7-12(19)5-6-15(11)21-16/h2-8,21H,9H2,1H3,(H,20,22). The molecule has 0 aliphatic heterocycles. The SMILES string of the molecule is Cc1cccc(Cl)c1CNC(=O)c1cc2cc(F)ccc2[nH]1. The highest BCUT2D eigenvalue weighted by Gasteiger charge is 2.11. The number of benzene rings is 2. The van der Waals surface area contributed by atoms with Gasteiger partial charge in [0.1, 0.15) is 11.5 Å². The van der Waals surface area contributed by atoms with Gasteiger partial charge in [-0.2, -0.15) is 0 Å². The summed E-state index contributed by atoms with van der Waals surface area (Å²) >= 11 is 6.14. The lowest BCUT2D eigenvalue weighted by Gasteiger charge is -2.09. The van der Waals surface area contributed by atoms with Gasteiger partial charge in [-0.05, 0) is 48.4 Å². The number of nitrogens with one attached hydrogen (secondary N) is 2. The molecule has 5 heteroatoms. The molecule has 112 valence electrons. The lowest BCUT2D eigenvalue weighted by molar-refractivity contribution is 0.0946. The van der Waals surface area contributed by atoms with Gasteiger partial charge in [0.25, 0.3) is 5.91 Å². The summed E-state index contributed by atoms with van der Waals surface area (Å²) in [5.41, 5.74) is 3.02. The summed E-state index contributed by atoms with van der Waals surface area (Å²) in [6.45, 7) is 2.28. The van der Waals surface area contributed by atoms with Gasteiger partial charge >= 0.3 is 0 Å². The summed E-state index contributed by atoms with van der Waals surface area (Å²) in [6, 6.07) is 11.6. The predicted octanol–water partition coefficient (Wildman–Crippen LogP) is 4.20. The van der Waals surface area contributed by atoms with E-state index in [1.54, 1.807) is 18.2 Å². The maximum Gasteiger partial charge on any atom is 0.267 e. The third-order valence-corrected chi connectivity index (χ3v) is 3.96. The molecule has 0 bridgehead atoms. The molecule has 0 saturated carbocycles. The molecule has 0 radical (unpaired) electrons. The maximum atomic E-state index is 13.2. The summed E-state index contributed by atoms with van der Waals surface area (Å²) in [7, 11) is 0. The molecule has 2 N–H and O–H groups in total. The van der Waals surface area contributed by atoms with Gasteiger partial charge in [0.15, 0.2) is 0 Å². The highest BCUT2D eigenvalue weighted by atomic mass is 35.5. The van der Waals surface area contributed by atoms with Crippen LogP contribution in [-0.2, 0) is 6.54 Å². The Morgan fingerprint density at radius 3 is 2.86 bits per heavy atom. The average Bonchev–Trinajstić information content (AvgIpc) is 2.89. The van der Waals surface area contributed by atoms with Crippen molar-refractivity contribution in [2.75, 3.05) is 0 Å². The molecule has 1 amide bonds. The van der Waals surface area contributed by atoms with E-state index in [0.29, 0.717) is 22.6 Å². The molecule has 0 unspecified atom stereocenters. The molecule has 3 aromatic rings. The van der Waals surface area contributed by atoms with E-state index in [1.165, 1.54) is 12.1 Å². The van der Waals surface area contributed by atoms with Crippen LogP contribution in [0, 0.1) is 12.7 Å². The first kappa shape index (κ1) is 14.6. The number of aryl methyl sites for hydroxylation is 1. The van der Waals surface area contributed by atoms with Crippen molar-refractivity contribution in [2.24, 2.45) is 0 Å². The zero-order valence-corrected chi connectivity index (χ0v) is 12.7. The van der Waals surface area contributed by atoms with Crippen molar-refractivity contribution in [1.82, 2.24) is 10.3 Å². The highest BCUT2D eigenvalue weighted by Crippen LogP contribution is 2.20. The number of hydrogen-bond acceptors (Lipinski definition) is 1. The molecule has 2 aromatic carbocycles. The topological polar surface area (TPSA) is 44.9 Å². The largest absolute Gasteiger partial charge is 0.351 e. The van der Waals surface area contributed by atoms with E-state index >= 15 is 0 Å². The van der Waals surface area contributed by atoms with Gasteiger partial charge in [-0.15, -0.1) is 0 Å². The first-order valence-electron chi connectivity index (χ1n) is 6.85. The monoisotopic (exact) mass is 316 g/mol. The van der Waals surface area contributed by atoms with Crippen molar-refractivity contribution in [3.63, 3.8) is 0 Å². The smallest absolute Gasteiger partial charge is 0.267 e. The Morgan fingerprint density at radius 1 is 1.27 bits per heavy atom. The minimum absolute atomic E-state index is 0.254. The van der Waals surface area contributed by atoms with Crippen LogP contribution in [0.15, 0.2) is 42.5 Å². The van der Waals surface area contributed by atoms with Gasteiger partial charge in [-0.1, -0.05) is 23.7 Å². The van der Waals surface area contributed by atoms with Crippen LogP contribution in [0.5, 0.6) is 0 Å². The van der Waals surface area contributed by atoms with Crippen LogP contribution in [0.2, 0.25) is 5.02 Å². The number of fused-ring (bicyclic) bond motifs is 1. The first-order valence-corrected chi connectivity index (χ1v) is 7.23. The van der Waals surface area contributed by atoms with Crippen molar-refractivity contribution < 1.29 is 9.18 Å². The average molecular weight is 317 g/mol. The van der Waals surface area contributed by atoms with E-state index in [0.717, 1.165) is 16.6 Å². The van der Waals surface area contributed by atoms with Crippen LogP contribution in [-0.4, -0.2) is 10.9 Å². The molecule has 3 rings (SSSR count). The molecule has 0 aliphatic rings. The van der Waals surface area contributed by atoms with Crippen LogP contribution < -0.4 is 5.32 Å². The third kappa shape index (κ3) is 2.83. The Bertz CT molecular complexity index is 837. The fourth-order valence-electron chi connectivity index (χ4n) is 2.38. The molecule has 0 fully saturated rings. The molecule has 3 nitrogen and oxygen atoms in total. The maximum absolute atomic E-state index is 13.2. The number of aromatic nitrogens is 1. The Balaban J connectivity index is 1.79. The second-order valence-electron chi connectivity index (χ2n) is 5.13. The van der Waals surface area contributed by atoms with Gasteiger partial charge in [-0.3, -0.25) is 4.79 Å². The van der Waals surface area contributed by atoms with Gasteiger partial charge in [0.2, 0.25) is 0 Å². The van der Waals surface area contributed by atoms with Gasteiger partial charge < -0.3 is 10.3 Å². The summed E-state index contributed by atoms with van der Waals surface area (Å²) in [5.74, 6) is -0.582. The Morgan fingerprint density at radius 2 is 2.09 bits per heavy atom. The van der Waals surface area contributed by atoms with Crippen LogP contribution in [0.1, 0.15) is 21.6 Å². The summed E-state index contributed by atoms with van der Waals surface area (Å²) in [6.07, 6.45) is 0. The van der Waals surface area contributed by atoms with Gasteiger partial charge in [-0.25, -0.2) is 4.39 Å². The van der Waals surface area contributed by atoms with E-state index < -0.39 is 0 Å². The fraction of sp³-hybridized carbons (Fsp3) is 0.118. The second kappa shape index (κ2) is 5.81. The molecular formula is C17H14ClFN2O. The first-order chi connectivity index (χ1) is 10.5. The number of amides is 1. The van der Waals surface area contributed by atoms with Crippen molar-refractivity contribution in [2.45, 2.75) is 13.5 Å². The zero-order valence-electron chi connectivity index (χ0n) is 11.9. The quantitative estimate of drug-likeness (QED) is 0.747. The van der Waals surface area contributed by atoms with Crippen molar-refractivity contribution >= 4 is 28.4 Å². The lowest BCUT2D eigenvalue weighted by Crippen LogP contribution is -2.23. The molecule has 0 atom stereocenters. The fourth-order valence-corrected chi connectivity index (χ4v) is 2.67. The van der Waals surface area contributed by atoms with Gasteiger partial charge in [0.05, 0.1) is 0 Å². The second-order valence-corrected chi connectivity index (χ2v) is 5.54. The normalized spacial score (nSPS) is 10.9. The number of rotatable bonds is 3. The van der Waals surface area contributed by atoms with E-state index in [4.69, 9.17) is 11.6 Å². The number of halogens is 2. The number of H-pyrrole nitrogens is 1. The third-order valence-electron chi connectivity index (χ3n) is 3.61. The Hall–Kier alpha value is -2.33. The van der Waals surface area contributed by atoms with Crippen LogP contribution in [0.25, 0.3) is 10.9 Å². The molecule has 0 saturated heterocycles. The number of hydrogen-bond donors (Lipinski definition) is 2. The van der Waals surface area contributed by atoms with E-state index in [9.17, 15) is 9.18 Å². The van der Waals surface area contributed by atoms with E-state index in [2.05, 4.69) is 10.3 Å². The van der Waals surface area contributed by atoms with E-state index in [-0.39, 0.29) is 11.7 Å². The van der Waals surface area contributed by atoms with Crippen LogP contribution >= 0.6 is 11.6 Å². The highest BCUT2D eigenvalue weighted by molar-refractivity contribution is 6.31. The van der Waals surface area contributed by atoms with E-state index in [1.807, 2.05) is 19.1 Å². The van der Waals surface area contributed by atoms with Crippen molar-refractivity contribution in [3.8, 4) is 0 Å². The summed E-state index contributed by atoms with van der Waals surface area (Å²) < 4.78 is 13.2. The molecular weight excluding hydrogens is 303 g/mol. The summed E-state index contributed by atoms with van der Waals surface area (Å²) in [4.78, 5) is 15.2. The minimum atomic E-state index is -0.329. The molecule has 1 aromatic heterocycles. The molecule has 22 heavy (non-hydrogen) atoms. The van der Waals surface area contributed by atoms with Crippen LogP contribution in [0.3, 0.4) is 0 Å². The minimum Gasteiger partial charge on any atom is -0.351 e. The molecule has 1 heterocycles. The Kier molecular flexibility index (Phi) is 3.86. The zero-order chi connectivity index (χ0) is 15.7. The lowest BCUT2D eigenvalue weighted by atomic mass is 10.1. The molecule has 0 spiro atoms. The molecule has 0 aliphatic carbocycles. The van der Waals surface area contributed by atoms with Crippen molar-refractivity contribution in [3.05, 3.63) is 70.1 Å². The number of carbonyl (C=O) groups excluding carboxylic acids is 1. The predicted molar refractivity (Wildman–Crippen MR) is 85.6 cm³/mol. The van der Waals surface area contributed by atoms with Gasteiger partial charge in [0, 0.05) is 22.5 Å². The Labute approximate surface area is 132 Å². The number of carbonyl (C=O) groups is 1. The van der Waals surface area contributed by atoms with Crippen LogP contribution in [0.4, 0.5) is 4.39 Å². The number of aromatic amines is 1. The summed E-state index contributed by atoms with van der Waals surface area (Å²) in [5, 5.41) is 4.11.